The summed E-state index contributed by atoms with van der Waals surface area (Å²) in [4.78, 5) is 11.9. The largest absolute Gasteiger partial charge is 0.315 e. The van der Waals surface area contributed by atoms with Crippen molar-refractivity contribution in [1.29, 1.82) is 5.26 Å². The SMILES string of the molecule is CC(C)(C)C(=O)C1CNCC(C#N)C1. The lowest BCUT2D eigenvalue weighted by Gasteiger charge is -2.30. The molecule has 2 unspecified atom stereocenters. The molecule has 0 aliphatic carbocycles. The second kappa shape index (κ2) is 4.10. The summed E-state index contributed by atoms with van der Waals surface area (Å²) in [7, 11) is 0. The van der Waals surface area contributed by atoms with Crippen LogP contribution in [-0.4, -0.2) is 18.9 Å². The summed E-state index contributed by atoms with van der Waals surface area (Å²) in [6.45, 7) is 7.26. The van der Waals surface area contributed by atoms with E-state index in [1.807, 2.05) is 20.8 Å². The van der Waals surface area contributed by atoms with E-state index < -0.39 is 0 Å². The summed E-state index contributed by atoms with van der Waals surface area (Å²) in [5.41, 5.74) is -0.288. The summed E-state index contributed by atoms with van der Waals surface area (Å²) in [6.07, 6.45) is 0.722. The van der Waals surface area contributed by atoms with Gasteiger partial charge in [0.2, 0.25) is 0 Å². The van der Waals surface area contributed by atoms with Crippen molar-refractivity contribution in [3.8, 4) is 6.07 Å². The first-order valence-electron chi connectivity index (χ1n) is 5.10. The number of ketones is 1. The number of piperidine rings is 1. The third kappa shape index (κ3) is 2.55. The van der Waals surface area contributed by atoms with Gasteiger partial charge in [0.15, 0.2) is 0 Å². The minimum atomic E-state index is -0.288. The van der Waals surface area contributed by atoms with E-state index in [2.05, 4.69) is 11.4 Å². The highest BCUT2D eigenvalue weighted by Crippen LogP contribution is 2.26. The molecule has 0 spiro atoms. The van der Waals surface area contributed by atoms with Gasteiger partial charge in [-0.25, -0.2) is 0 Å². The maximum atomic E-state index is 11.9. The van der Waals surface area contributed by atoms with E-state index in [1.54, 1.807) is 0 Å². The number of carbonyl (C=O) groups excluding carboxylic acids is 1. The Morgan fingerprint density at radius 3 is 2.57 bits per heavy atom. The van der Waals surface area contributed by atoms with Gasteiger partial charge in [0, 0.05) is 24.4 Å². The fourth-order valence-electron chi connectivity index (χ4n) is 1.85. The van der Waals surface area contributed by atoms with Gasteiger partial charge in [0.1, 0.15) is 5.78 Å². The molecule has 0 saturated carbocycles. The second-order valence-electron chi connectivity index (χ2n) is 5.03. The molecule has 0 aromatic carbocycles. The van der Waals surface area contributed by atoms with Crippen molar-refractivity contribution >= 4 is 5.78 Å². The van der Waals surface area contributed by atoms with E-state index in [4.69, 9.17) is 5.26 Å². The van der Waals surface area contributed by atoms with Crippen LogP contribution in [0.15, 0.2) is 0 Å². The molecule has 0 aromatic heterocycles. The Labute approximate surface area is 85.5 Å². The number of hydrogen-bond acceptors (Lipinski definition) is 3. The van der Waals surface area contributed by atoms with Gasteiger partial charge < -0.3 is 5.32 Å². The van der Waals surface area contributed by atoms with E-state index in [0.29, 0.717) is 0 Å². The third-order valence-electron chi connectivity index (χ3n) is 2.64. The number of hydrogen-bond donors (Lipinski definition) is 1. The normalized spacial score (nSPS) is 28.1. The van der Waals surface area contributed by atoms with Crippen LogP contribution in [0, 0.1) is 28.6 Å². The molecule has 0 bridgehead atoms. The van der Waals surface area contributed by atoms with Crippen molar-refractivity contribution in [3.05, 3.63) is 0 Å². The van der Waals surface area contributed by atoms with Crippen LogP contribution in [0.1, 0.15) is 27.2 Å². The molecule has 0 aromatic rings. The molecule has 2 atom stereocenters. The van der Waals surface area contributed by atoms with Crippen molar-refractivity contribution < 1.29 is 4.79 Å². The zero-order valence-corrected chi connectivity index (χ0v) is 9.13. The summed E-state index contributed by atoms with van der Waals surface area (Å²) >= 11 is 0. The quantitative estimate of drug-likeness (QED) is 0.685. The average molecular weight is 194 g/mol. The maximum absolute atomic E-state index is 11.9. The zero-order chi connectivity index (χ0) is 10.8. The van der Waals surface area contributed by atoms with Gasteiger partial charge in [-0.05, 0) is 6.42 Å². The molecule has 3 heteroatoms. The topological polar surface area (TPSA) is 52.9 Å². The van der Waals surface area contributed by atoms with Gasteiger partial charge in [-0.15, -0.1) is 0 Å². The number of rotatable bonds is 1. The molecule has 1 saturated heterocycles. The number of Topliss-reactive ketones (excluding diaryl/α,β-unsaturated/α-hetero) is 1. The van der Waals surface area contributed by atoms with Crippen LogP contribution in [-0.2, 0) is 4.79 Å². The number of nitrogens with zero attached hydrogens (tertiary/aromatic N) is 1. The highest BCUT2D eigenvalue weighted by atomic mass is 16.1. The number of nitrogens with one attached hydrogen (secondary N) is 1. The Kier molecular flexibility index (Phi) is 3.28. The Balaban J connectivity index is 2.62. The van der Waals surface area contributed by atoms with Crippen molar-refractivity contribution in [2.45, 2.75) is 27.2 Å². The minimum absolute atomic E-state index is 0.0000463. The molecular weight excluding hydrogens is 176 g/mol. The summed E-state index contributed by atoms with van der Waals surface area (Å²) in [5, 5.41) is 11.9. The smallest absolute Gasteiger partial charge is 0.142 e. The van der Waals surface area contributed by atoms with Crippen molar-refractivity contribution in [2.75, 3.05) is 13.1 Å². The highest BCUT2D eigenvalue weighted by molar-refractivity contribution is 5.86. The van der Waals surface area contributed by atoms with Gasteiger partial charge in [-0.3, -0.25) is 4.79 Å². The van der Waals surface area contributed by atoms with Crippen molar-refractivity contribution in [3.63, 3.8) is 0 Å². The van der Waals surface area contributed by atoms with E-state index in [9.17, 15) is 4.79 Å². The predicted octanol–water partition coefficient (Wildman–Crippen LogP) is 1.35. The standard InChI is InChI=1S/C11H18N2O/c1-11(2,3)10(14)9-4-8(5-12)6-13-7-9/h8-9,13H,4,6-7H2,1-3H3. The first kappa shape index (κ1) is 11.2. The summed E-state index contributed by atoms with van der Waals surface area (Å²) in [6, 6.07) is 2.23. The first-order valence-corrected chi connectivity index (χ1v) is 5.10. The van der Waals surface area contributed by atoms with Gasteiger partial charge in [0.05, 0.1) is 12.0 Å². The van der Waals surface area contributed by atoms with E-state index in [-0.39, 0.29) is 23.0 Å². The third-order valence-corrected chi connectivity index (χ3v) is 2.64. The molecule has 14 heavy (non-hydrogen) atoms. The molecule has 1 heterocycles. The van der Waals surface area contributed by atoms with Gasteiger partial charge >= 0.3 is 0 Å². The fourth-order valence-corrected chi connectivity index (χ4v) is 1.85. The molecule has 0 amide bonds. The minimum Gasteiger partial charge on any atom is -0.315 e. The van der Waals surface area contributed by atoms with Crippen LogP contribution in [0.5, 0.6) is 0 Å². The average Bonchev–Trinajstić information content (AvgIpc) is 2.15. The zero-order valence-electron chi connectivity index (χ0n) is 9.13. The van der Waals surface area contributed by atoms with Crippen LogP contribution in [0.3, 0.4) is 0 Å². The second-order valence-corrected chi connectivity index (χ2v) is 5.03. The first-order chi connectivity index (χ1) is 6.45. The van der Waals surface area contributed by atoms with Crippen molar-refractivity contribution in [1.82, 2.24) is 5.32 Å². The Bertz CT molecular complexity index is 259. The van der Waals surface area contributed by atoms with Gasteiger partial charge in [0.25, 0.3) is 0 Å². The molecule has 1 rings (SSSR count). The van der Waals surface area contributed by atoms with Gasteiger partial charge in [-0.1, -0.05) is 20.8 Å². The lowest BCUT2D eigenvalue weighted by atomic mass is 9.78. The Morgan fingerprint density at radius 1 is 1.43 bits per heavy atom. The van der Waals surface area contributed by atoms with Crippen LogP contribution in [0.4, 0.5) is 0 Å². The van der Waals surface area contributed by atoms with E-state index in [1.165, 1.54) is 0 Å². The van der Waals surface area contributed by atoms with E-state index >= 15 is 0 Å². The number of carbonyl (C=O) groups is 1. The van der Waals surface area contributed by atoms with Crippen LogP contribution in [0.2, 0.25) is 0 Å². The molecule has 1 aliphatic rings. The molecule has 1 aliphatic heterocycles. The molecule has 78 valence electrons. The Morgan fingerprint density at radius 2 is 2.07 bits per heavy atom. The molecular formula is C11H18N2O. The highest BCUT2D eigenvalue weighted by Gasteiger charge is 2.33. The van der Waals surface area contributed by atoms with Crippen LogP contribution < -0.4 is 5.32 Å². The summed E-state index contributed by atoms with van der Waals surface area (Å²) in [5.74, 6) is 0.290. The monoisotopic (exact) mass is 194 g/mol. The van der Waals surface area contributed by atoms with E-state index in [0.717, 1.165) is 19.5 Å². The van der Waals surface area contributed by atoms with Crippen molar-refractivity contribution in [2.24, 2.45) is 17.3 Å². The predicted molar refractivity (Wildman–Crippen MR) is 54.5 cm³/mol. The number of nitriles is 1. The lowest BCUT2D eigenvalue weighted by molar-refractivity contribution is -0.131. The van der Waals surface area contributed by atoms with Crippen LogP contribution in [0.25, 0.3) is 0 Å². The van der Waals surface area contributed by atoms with Crippen LogP contribution >= 0.6 is 0 Å². The molecule has 1 N–H and O–H groups in total. The molecule has 0 radical (unpaired) electrons. The molecule has 3 nitrogen and oxygen atoms in total. The van der Waals surface area contributed by atoms with Gasteiger partial charge in [-0.2, -0.15) is 5.26 Å². The fraction of sp³-hybridized carbons (Fsp3) is 0.818. The summed E-state index contributed by atoms with van der Waals surface area (Å²) < 4.78 is 0. The lowest BCUT2D eigenvalue weighted by Crippen LogP contribution is -2.42. The molecule has 1 fully saturated rings. The Hall–Kier alpha value is -0.880. The maximum Gasteiger partial charge on any atom is 0.142 e.